The molecule has 2 fully saturated rings. The van der Waals surface area contributed by atoms with Gasteiger partial charge in [-0.2, -0.15) is 0 Å². The Bertz CT molecular complexity index is 1030. The summed E-state index contributed by atoms with van der Waals surface area (Å²) in [6, 6.07) is 10.2. The van der Waals surface area contributed by atoms with Crippen LogP contribution in [0.1, 0.15) is 73.5 Å². The van der Waals surface area contributed by atoms with Gasteiger partial charge in [-0.05, 0) is 50.7 Å². The molecule has 2 heterocycles. The van der Waals surface area contributed by atoms with E-state index in [1.807, 2.05) is 24.5 Å². The minimum absolute atomic E-state index is 0.0915. The van der Waals surface area contributed by atoms with Crippen LogP contribution in [0.3, 0.4) is 0 Å². The average molecular weight is 499 g/mol. The molecule has 2 aromatic rings. The summed E-state index contributed by atoms with van der Waals surface area (Å²) in [5.41, 5.74) is 7.50. The number of carbonyl (C=O) groups excluding carboxylic acids is 1. The molecule has 1 unspecified atom stereocenters. The van der Waals surface area contributed by atoms with Crippen LogP contribution in [0.15, 0.2) is 41.7 Å². The Labute approximate surface area is 211 Å². The number of nitrogens with one attached hydrogen (secondary N) is 3. The molecular formula is C25H35ClN8O. The van der Waals surface area contributed by atoms with Crippen molar-refractivity contribution < 1.29 is 4.79 Å². The van der Waals surface area contributed by atoms with Gasteiger partial charge >= 0.3 is 0 Å². The molecule has 1 amide bonds. The van der Waals surface area contributed by atoms with Crippen molar-refractivity contribution in [3.8, 4) is 0 Å². The molecular weight excluding hydrogens is 464 g/mol. The number of hydrogen-bond donors (Lipinski definition) is 4. The number of nitrogens with two attached hydrogens (primary N) is 1. The highest BCUT2D eigenvalue weighted by molar-refractivity contribution is 6.27. The summed E-state index contributed by atoms with van der Waals surface area (Å²) < 4.78 is 3.92. The molecule has 10 heteroatoms. The molecule has 35 heavy (non-hydrogen) atoms. The standard InChI is InChI=1S/C25H35ClN8O/c26-34-24-21(30-16-33(24)20-8-4-5-9-20)22(32-25(34)31-19-12-10-18(27)11-13-19)28-14-15-29-23(35)17-6-2-1-3-7-17/h1-3,6-7,16,18-20,25,31H,4-5,8-15,27H2,(H,28,32)(H,29,35)/t18-,19-,25?. The minimum Gasteiger partial charge on any atom is -0.367 e. The first kappa shape index (κ1) is 24.1. The van der Waals surface area contributed by atoms with Crippen LogP contribution in [0.5, 0.6) is 0 Å². The second-order valence-corrected chi connectivity index (χ2v) is 10.1. The number of rotatable bonds is 7. The molecule has 5 rings (SSSR count). The Morgan fingerprint density at radius 1 is 1.06 bits per heavy atom. The zero-order valence-corrected chi connectivity index (χ0v) is 20.8. The third kappa shape index (κ3) is 5.47. The number of aliphatic imine (C=N–C) groups is 1. The monoisotopic (exact) mass is 498 g/mol. The number of carbonyl (C=O) groups is 1. The van der Waals surface area contributed by atoms with E-state index in [4.69, 9.17) is 27.5 Å². The van der Waals surface area contributed by atoms with Crippen molar-refractivity contribution in [3.05, 3.63) is 47.9 Å². The predicted octanol–water partition coefficient (Wildman–Crippen LogP) is 2.88. The van der Waals surface area contributed by atoms with Crippen molar-refractivity contribution in [1.29, 1.82) is 0 Å². The van der Waals surface area contributed by atoms with E-state index < -0.39 is 6.29 Å². The summed E-state index contributed by atoms with van der Waals surface area (Å²) in [6.45, 7) is 0.995. The quantitative estimate of drug-likeness (QED) is 0.345. The maximum absolute atomic E-state index is 12.4. The predicted molar refractivity (Wildman–Crippen MR) is 139 cm³/mol. The maximum Gasteiger partial charge on any atom is 0.251 e. The van der Waals surface area contributed by atoms with Crippen molar-refractivity contribution in [3.63, 3.8) is 0 Å². The highest BCUT2D eigenvalue weighted by atomic mass is 35.5. The Hall–Kier alpha value is -2.62. The molecule has 1 atom stereocenters. The molecule has 1 aromatic carbocycles. The number of anilines is 1. The van der Waals surface area contributed by atoms with Crippen LogP contribution in [0.25, 0.3) is 0 Å². The highest BCUT2D eigenvalue weighted by Crippen LogP contribution is 2.37. The Morgan fingerprint density at radius 3 is 2.54 bits per heavy atom. The van der Waals surface area contributed by atoms with Gasteiger partial charge in [0.1, 0.15) is 5.69 Å². The molecule has 188 valence electrons. The summed E-state index contributed by atoms with van der Waals surface area (Å²) >= 11 is 6.92. The smallest absolute Gasteiger partial charge is 0.251 e. The fourth-order valence-electron chi connectivity index (χ4n) is 5.31. The zero-order valence-electron chi connectivity index (χ0n) is 20.0. The molecule has 9 nitrogen and oxygen atoms in total. The number of fused-ring (bicyclic) bond motifs is 1. The SMILES string of the molecule is N[C@H]1CC[C@H](NC2N=C(NCCNC(=O)c3ccccc3)c3ncn(C4CCCC4)c3N2Cl)CC1. The summed E-state index contributed by atoms with van der Waals surface area (Å²) in [7, 11) is 0. The van der Waals surface area contributed by atoms with Crippen molar-refractivity contribution in [2.45, 2.75) is 75.8 Å². The van der Waals surface area contributed by atoms with Crippen LogP contribution in [0, 0.1) is 0 Å². The Balaban J connectivity index is 1.29. The lowest BCUT2D eigenvalue weighted by Crippen LogP contribution is -2.51. The Morgan fingerprint density at radius 2 is 1.80 bits per heavy atom. The van der Waals surface area contributed by atoms with E-state index in [1.165, 1.54) is 12.8 Å². The lowest BCUT2D eigenvalue weighted by atomic mass is 9.92. The van der Waals surface area contributed by atoms with Crippen LogP contribution in [-0.4, -0.2) is 52.8 Å². The molecule has 1 aromatic heterocycles. The summed E-state index contributed by atoms with van der Waals surface area (Å²) in [6.07, 6.45) is 10.3. The number of imidazole rings is 1. The molecule has 5 N–H and O–H groups in total. The lowest BCUT2D eigenvalue weighted by molar-refractivity contribution is 0.0954. The van der Waals surface area contributed by atoms with Gasteiger partial charge in [-0.1, -0.05) is 31.0 Å². The van der Waals surface area contributed by atoms with Crippen molar-refractivity contribution in [2.24, 2.45) is 10.7 Å². The van der Waals surface area contributed by atoms with Gasteiger partial charge in [-0.25, -0.2) is 14.4 Å². The number of hydrogen-bond acceptors (Lipinski definition) is 7. The van der Waals surface area contributed by atoms with Crippen molar-refractivity contribution in [2.75, 3.05) is 17.5 Å². The molecule has 3 aliphatic rings. The average Bonchev–Trinajstić information content (AvgIpc) is 3.56. The van der Waals surface area contributed by atoms with E-state index in [9.17, 15) is 4.79 Å². The van der Waals surface area contributed by atoms with Crippen molar-refractivity contribution in [1.82, 2.24) is 25.5 Å². The molecule has 1 aliphatic heterocycles. The zero-order chi connectivity index (χ0) is 24.2. The third-order valence-corrected chi connectivity index (χ3v) is 7.62. The molecule has 0 spiro atoms. The minimum atomic E-state index is -0.401. The molecule has 2 aliphatic carbocycles. The topological polar surface area (TPSA) is 113 Å². The Kier molecular flexibility index (Phi) is 7.55. The third-order valence-electron chi connectivity index (χ3n) is 7.27. The van der Waals surface area contributed by atoms with E-state index in [-0.39, 0.29) is 11.9 Å². The van der Waals surface area contributed by atoms with E-state index in [1.54, 1.807) is 16.6 Å². The fraction of sp³-hybridized carbons (Fsp3) is 0.560. The van der Waals surface area contributed by atoms with Gasteiger partial charge in [-0.15, -0.1) is 0 Å². The van der Waals surface area contributed by atoms with Crippen LogP contribution in [-0.2, 0) is 0 Å². The molecule has 2 saturated carbocycles. The van der Waals surface area contributed by atoms with Crippen LogP contribution < -0.4 is 26.1 Å². The molecule has 0 bridgehead atoms. The maximum atomic E-state index is 12.4. The lowest BCUT2D eigenvalue weighted by Gasteiger charge is -2.35. The van der Waals surface area contributed by atoms with Crippen molar-refractivity contribution >= 4 is 29.3 Å². The number of nitrogens with zero attached hydrogens (tertiary/aromatic N) is 4. The van der Waals surface area contributed by atoms with Gasteiger partial charge in [0.25, 0.3) is 5.91 Å². The van der Waals surface area contributed by atoms with Gasteiger partial charge in [0.05, 0.1) is 6.33 Å². The second-order valence-electron chi connectivity index (χ2n) is 9.75. The number of halogens is 1. The van der Waals surface area contributed by atoms with E-state index in [0.717, 1.165) is 50.0 Å². The van der Waals surface area contributed by atoms with Gasteiger partial charge in [0, 0.05) is 48.6 Å². The van der Waals surface area contributed by atoms with Gasteiger partial charge in [0.15, 0.2) is 17.9 Å². The van der Waals surface area contributed by atoms with E-state index in [0.29, 0.717) is 36.6 Å². The first-order valence-corrected chi connectivity index (χ1v) is 13.1. The van der Waals surface area contributed by atoms with Gasteiger partial charge in [0.2, 0.25) is 0 Å². The van der Waals surface area contributed by atoms with Gasteiger partial charge < -0.3 is 20.9 Å². The largest absolute Gasteiger partial charge is 0.367 e. The summed E-state index contributed by atoms with van der Waals surface area (Å²) in [5, 5.41) is 9.99. The highest BCUT2D eigenvalue weighted by Gasteiger charge is 2.35. The number of amidine groups is 1. The summed E-state index contributed by atoms with van der Waals surface area (Å²) in [5.74, 6) is 1.49. The number of amides is 1. The number of aromatic nitrogens is 2. The first-order valence-electron chi connectivity index (χ1n) is 12.8. The number of benzene rings is 1. The molecule has 0 radical (unpaired) electrons. The van der Waals surface area contributed by atoms with E-state index in [2.05, 4.69) is 20.5 Å². The normalized spacial score (nSPS) is 24.7. The van der Waals surface area contributed by atoms with Crippen LogP contribution in [0.4, 0.5) is 5.82 Å². The van der Waals surface area contributed by atoms with Gasteiger partial charge in [-0.3, -0.25) is 10.1 Å². The first-order chi connectivity index (χ1) is 17.1. The molecule has 0 saturated heterocycles. The second kappa shape index (κ2) is 11.0. The van der Waals surface area contributed by atoms with Crippen LogP contribution in [0.2, 0.25) is 0 Å². The summed E-state index contributed by atoms with van der Waals surface area (Å²) in [4.78, 5) is 22.0. The van der Waals surface area contributed by atoms with Crippen LogP contribution >= 0.6 is 11.8 Å². The van der Waals surface area contributed by atoms with E-state index >= 15 is 0 Å². The fourth-order valence-corrected chi connectivity index (χ4v) is 5.58.